The fourth-order valence-electron chi connectivity index (χ4n) is 3.39. The molecule has 3 rings (SSSR count). The summed E-state index contributed by atoms with van der Waals surface area (Å²) in [5.74, 6) is -4.49. The van der Waals surface area contributed by atoms with E-state index in [4.69, 9.17) is 0 Å². The Morgan fingerprint density at radius 2 is 1.57 bits per heavy atom. The molecule has 0 bridgehead atoms. The predicted molar refractivity (Wildman–Crippen MR) is 102 cm³/mol. The van der Waals surface area contributed by atoms with Gasteiger partial charge in [0.25, 0.3) is 0 Å². The minimum Gasteiger partial charge on any atom is -0.508 e. The van der Waals surface area contributed by atoms with E-state index in [0.717, 1.165) is 24.2 Å². The second-order valence-electron chi connectivity index (χ2n) is 6.49. The third-order valence-corrected chi connectivity index (χ3v) is 4.66. The van der Waals surface area contributed by atoms with E-state index in [1.165, 1.54) is 36.4 Å². The lowest BCUT2D eigenvalue weighted by Crippen LogP contribution is -2.36. The lowest BCUT2D eigenvalue weighted by atomic mass is 10.1. The van der Waals surface area contributed by atoms with Crippen LogP contribution in [-0.2, 0) is 9.59 Å². The number of rotatable bonds is 4. The highest BCUT2D eigenvalue weighted by Crippen LogP contribution is 2.39. The first-order valence-corrected chi connectivity index (χ1v) is 8.88. The molecule has 1 heterocycles. The summed E-state index contributed by atoms with van der Waals surface area (Å²) in [6.07, 6.45) is 2.96. The molecule has 0 atom stereocenters. The van der Waals surface area contributed by atoms with Gasteiger partial charge in [-0.05, 0) is 43.5 Å². The third kappa shape index (κ3) is 3.75. The molecule has 1 amide bonds. The number of aromatic hydroxyl groups is 1. The molecular weight excluding hydrogens is 364 g/mol. The molecule has 1 aliphatic rings. The number of carboxylic acid groups (broad SMARTS) is 2. The summed E-state index contributed by atoms with van der Waals surface area (Å²) in [4.78, 5) is 38.6. The van der Waals surface area contributed by atoms with Crippen molar-refractivity contribution in [2.45, 2.75) is 19.3 Å². The van der Waals surface area contributed by atoms with Crippen LogP contribution in [-0.4, -0.2) is 46.3 Å². The van der Waals surface area contributed by atoms with Crippen LogP contribution in [0.3, 0.4) is 0 Å². The standard InChI is InChI=1S/C20H20N2O6/c23-13-8-9-16(21-10-4-1-5-11-21)17(12-13)22(18(24)20(27)28)15-7-3-2-6-14(15)19(25)26/h2-3,6-9,12,23H,1,4-5,10-11H2,(H,25,26)(H,27,28). The van der Waals surface area contributed by atoms with Gasteiger partial charge in [0, 0.05) is 19.2 Å². The van der Waals surface area contributed by atoms with Crippen LogP contribution in [0.4, 0.5) is 17.1 Å². The van der Waals surface area contributed by atoms with E-state index in [1.807, 2.05) is 4.90 Å². The Morgan fingerprint density at radius 1 is 0.893 bits per heavy atom. The molecule has 0 radical (unpaired) electrons. The fraction of sp³-hybridized carbons (Fsp3) is 0.250. The topological polar surface area (TPSA) is 118 Å². The molecule has 1 fully saturated rings. The molecule has 146 valence electrons. The van der Waals surface area contributed by atoms with Crippen LogP contribution in [0.15, 0.2) is 42.5 Å². The molecule has 0 saturated carbocycles. The van der Waals surface area contributed by atoms with E-state index < -0.39 is 17.8 Å². The number of amides is 1. The van der Waals surface area contributed by atoms with Gasteiger partial charge in [0.2, 0.25) is 0 Å². The molecule has 1 aliphatic heterocycles. The number of hydrogen-bond donors (Lipinski definition) is 3. The Kier molecular flexibility index (Phi) is 5.49. The fourth-order valence-corrected chi connectivity index (χ4v) is 3.39. The van der Waals surface area contributed by atoms with Crippen molar-refractivity contribution in [3.05, 3.63) is 48.0 Å². The predicted octanol–water partition coefficient (Wildman–Crippen LogP) is 2.83. The quantitative estimate of drug-likeness (QED) is 0.694. The molecule has 0 spiro atoms. The van der Waals surface area contributed by atoms with Crippen molar-refractivity contribution in [1.82, 2.24) is 0 Å². The van der Waals surface area contributed by atoms with Crippen LogP contribution in [0.2, 0.25) is 0 Å². The largest absolute Gasteiger partial charge is 0.508 e. The van der Waals surface area contributed by atoms with Crippen LogP contribution in [0.25, 0.3) is 0 Å². The number of piperidine rings is 1. The lowest BCUT2D eigenvalue weighted by Gasteiger charge is -2.33. The Hall–Kier alpha value is -3.55. The van der Waals surface area contributed by atoms with Crippen molar-refractivity contribution < 1.29 is 29.7 Å². The van der Waals surface area contributed by atoms with Crippen LogP contribution in [0.5, 0.6) is 5.75 Å². The number of carbonyl (C=O) groups is 3. The van der Waals surface area contributed by atoms with Crippen molar-refractivity contribution in [2.24, 2.45) is 0 Å². The van der Waals surface area contributed by atoms with Crippen molar-refractivity contribution in [3.63, 3.8) is 0 Å². The minimum absolute atomic E-state index is 0.0775. The van der Waals surface area contributed by atoms with Crippen LogP contribution >= 0.6 is 0 Å². The highest BCUT2D eigenvalue weighted by atomic mass is 16.4. The van der Waals surface area contributed by atoms with Gasteiger partial charge in [-0.1, -0.05) is 12.1 Å². The second-order valence-corrected chi connectivity index (χ2v) is 6.49. The zero-order valence-corrected chi connectivity index (χ0v) is 15.0. The third-order valence-electron chi connectivity index (χ3n) is 4.66. The van der Waals surface area contributed by atoms with Crippen LogP contribution < -0.4 is 9.80 Å². The van der Waals surface area contributed by atoms with Gasteiger partial charge in [0.15, 0.2) is 0 Å². The van der Waals surface area contributed by atoms with Gasteiger partial charge in [-0.15, -0.1) is 0 Å². The number of phenolic OH excluding ortho intramolecular Hbond substituents is 1. The number of anilines is 3. The van der Waals surface area contributed by atoms with E-state index in [1.54, 1.807) is 6.07 Å². The number of para-hydroxylation sites is 1. The molecule has 1 saturated heterocycles. The van der Waals surface area contributed by atoms with E-state index in [0.29, 0.717) is 18.8 Å². The summed E-state index contributed by atoms with van der Waals surface area (Å²) < 4.78 is 0. The Labute approximate surface area is 161 Å². The summed E-state index contributed by atoms with van der Waals surface area (Å²) in [5.41, 5.74) is 0.395. The van der Waals surface area contributed by atoms with Gasteiger partial charge in [0.05, 0.1) is 22.6 Å². The SMILES string of the molecule is O=C(O)C(=O)N(c1ccccc1C(=O)O)c1cc(O)ccc1N1CCCCC1. The summed E-state index contributed by atoms with van der Waals surface area (Å²) in [6.45, 7) is 1.43. The van der Waals surface area contributed by atoms with Crippen molar-refractivity contribution in [1.29, 1.82) is 0 Å². The highest BCUT2D eigenvalue weighted by molar-refractivity contribution is 6.40. The molecule has 0 aliphatic carbocycles. The van der Waals surface area contributed by atoms with Gasteiger partial charge in [-0.3, -0.25) is 9.69 Å². The zero-order valence-electron chi connectivity index (χ0n) is 15.0. The number of aliphatic carboxylic acids is 1. The molecule has 0 aromatic heterocycles. The first-order chi connectivity index (χ1) is 13.4. The first kappa shape index (κ1) is 19.2. The molecule has 3 N–H and O–H groups in total. The normalized spacial score (nSPS) is 13.8. The Morgan fingerprint density at radius 3 is 2.21 bits per heavy atom. The average Bonchev–Trinajstić information content (AvgIpc) is 2.69. The maximum Gasteiger partial charge on any atom is 0.395 e. The van der Waals surface area contributed by atoms with Crippen molar-refractivity contribution in [3.8, 4) is 5.75 Å². The number of carbonyl (C=O) groups excluding carboxylic acids is 1. The first-order valence-electron chi connectivity index (χ1n) is 8.88. The highest BCUT2D eigenvalue weighted by Gasteiger charge is 2.31. The minimum atomic E-state index is -1.73. The number of aromatic carboxylic acids is 1. The molecule has 2 aromatic carbocycles. The summed E-state index contributed by atoms with van der Waals surface area (Å²) in [6, 6.07) is 10.0. The molecule has 2 aromatic rings. The van der Waals surface area contributed by atoms with Gasteiger partial charge in [0.1, 0.15) is 5.75 Å². The van der Waals surface area contributed by atoms with Gasteiger partial charge >= 0.3 is 17.8 Å². The Bertz CT molecular complexity index is 921. The second kappa shape index (κ2) is 7.99. The number of nitrogens with zero attached hydrogens (tertiary/aromatic N) is 2. The number of phenols is 1. The maximum absolute atomic E-state index is 12.6. The molecule has 8 heteroatoms. The number of carboxylic acids is 2. The van der Waals surface area contributed by atoms with Crippen LogP contribution in [0, 0.1) is 0 Å². The van der Waals surface area contributed by atoms with E-state index in [-0.39, 0.29) is 22.7 Å². The van der Waals surface area contributed by atoms with Crippen molar-refractivity contribution in [2.75, 3.05) is 22.9 Å². The van der Waals surface area contributed by atoms with Crippen molar-refractivity contribution >= 4 is 34.9 Å². The maximum atomic E-state index is 12.6. The Balaban J connectivity index is 2.23. The summed E-state index contributed by atoms with van der Waals surface area (Å²) in [7, 11) is 0. The lowest BCUT2D eigenvalue weighted by molar-refractivity contribution is -0.148. The monoisotopic (exact) mass is 384 g/mol. The smallest absolute Gasteiger partial charge is 0.395 e. The molecule has 0 unspecified atom stereocenters. The van der Waals surface area contributed by atoms with Gasteiger partial charge in [-0.25, -0.2) is 9.59 Å². The van der Waals surface area contributed by atoms with Crippen LogP contribution in [0.1, 0.15) is 29.6 Å². The summed E-state index contributed by atoms with van der Waals surface area (Å²) in [5, 5.41) is 28.9. The number of hydrogen-bond acceptors (Lipinski definition) is 5. The number of benzene rings is 2. The zero-order chi connectivity index (χ0) is 20.3. The van der Waals surface area contributed by atoms with Gasteiger partial charge < -0.3 is 20.2 Å². The molecule has 28 heavy (non-hydrogen) atoms. The molecule has 8 nitrogen and oxygen atoms in total. The molecular formula is C20H20N2O6. The van der Waals surface area contributed by atoms with E-state index >= 15 is 0 Å². The van der Waals surface area contributed by atoms with E-state index in [9.17, 15) is 29.7 Å². The summed E-state index contributed by atoms with van der Waals surface area (Å²) >= 11 is 0. The van der Waals surface area contributed by atoms with Gasteiger partial charge in [-0.2, -0.15) is 0 Å². The average molecular weight is 384 g/mol. The van der Waals surface area contributed by atoms with E-state index in [2.05, 4.69) is 0 Å².